The van der Waals surface area contributed by atoms with Crippen LogP contribution < -0.4 is 5.32 Å². The molecule has 4 aliphatic rings. The molecule has 0 bridgehead atoms. The first kappa shape index (κ1) is 17.6. The molecule has 1 aromatic carbocycles. The van der Waals surface area contributed by atoms with E-state index in [1.165, 1.54) is 18.4 Å². The minimum Gasteiger partial charge on any atom is -0.366 e. The molecule has 28 heavy (non-hydrogen) atoms. The standard InChI is InChI=1S/C22H25N3O3/c26-21-14-28-20-9-10-24(13-19(20)23-21)22(27)25-11-16(12-25)2-1-15-3-5-17(6-4-15)18-7-8-18/h3-6,16,18-20H,7-14H2,(H,23,26)/t19-,20+/m1/s1. The van der Waals surface area contributed by atoms with E-state index in [9.17, 15) is 9.59 Å². The van der Waals surface area contributed by atoms with E-state index < -0.39 is 0 Å². The van der Waals surface area contributed by atoms with Crippen LogP contribution in [0.25, 0.3) is 0 Å². The summed E-state index contributed by atoms with van der Waals surface area (Å²) < 4.78 is 5.56. The van der Waals surface area contributed by atoms with E-state index in [1.807, 2.05) is 9.80 Å². The number of morpholine rings is 1. The van der Waals surface area contributed by atoms with Gasteiger partial charge in [-0.15, -0.1) is 0 Å². The van der Waals surface area contributed by atoms with Gasteiger partial charge in [0.2, 0.25) is 5.91 Å². The quantitative estimate of drug-likeness (QED) is 0.754. The zero-order chi connectivity index (χ0) is 19.1. The number of hydrogen-bond acceptors (Lipinski definition) is 3. The molecule has 3 saturated heterocycles. The molecule has 1 saturated carbocycles. The van der Waals surface area contributed by atoms with Crippen molar-refractivity contribution in [3.8, 4) is 11.8 Å². The number of carbonyl (C=O) groups excluding carboxylic acids is 2. The van der Waals surface area contributed by atoms with Gasteiger partial charge in [0.1, 0.15) is 6.61 Å². The van der Waals surface area contributed by atoms with Gasteiger partial charge >= 0.3 is 6.03 Å². The van der Waals surface area contributed by atoms with Crippen molar-refractivity contribution in [3.05, 3.63) is 35.4 Å². The minimum atomic E-state index is -0.0972. The van der Waals surface area contributed by atoms with Crippen LogP contribution in [0.15, 0.2) is 24.3 Å². The highest BCUT2D eigenvalue weighted by Gasteiger charge is 2.39. The molecule has 6 heteroatoms. The summed E-state index contributed by atoms with van der Waals surface area (Å²) in [6.45, 7) is 2.69. The lowest BCUT2D eigenvalue weighted by molar-refractivity contribution is -0.139. The summed E-state index contributed by atoms with van der Waals surface area (Å²) in [6.07, 6.45) is 3.43. The Balaban J connectivity index is 1.12. The van der Waals surface area contributed by atoms with Gasteiger partial charge in [0.15, 0.2) is 0 Å². The Kier molecular flexibility index (Phi) is 4.48. The molecule has 3 aliphatic heterocycles. The molecule has 2 atom stereocenters. The fraction of sp³-hybridized carbons (Fsp3) is 0.545. The molecule has 146 valence electrons. The average molecular weight is 379 g/mol. The number of piperidine rings is 1. The SMILES string of the molecule is O=C1CO[C@H]2CCN(C(=O)N3CC(C#Cc4ccc(C5CC5)cc4)C3)C[C@H]2N1. The average Bonchev–Trinajstić information content (AvgIpc) is 3.51. The lowest BCUT2D eigenvalue weighted by atomic mass is 9.98. The first-order valence-electron chi connectivity index (χ1n) is 10.2. The molecule has 5 rings (SSSR count). The number of carbonyl (C=O) groups is 2. The third kappa shape index (κ3) is 3.59. The van der Waals surface area contributed by atoms with Crippen LogP contribution in [-0.4, -0.2) is 66.7 Å². The van der Waals surface area contributed by atoms with Gasteiger partial charge in [-0.1, -0.05) is 24.0 Å². The summed E-state index contributed by atoms with van der Waals surface area (Å²) in [5.41, 5.74) is 2.47. The van der Waals surface area contributed by atoms with Crippen LogP contribution in [0.2, 0.25) is 0 Å². The second-order valence-corrected chi connectivity index (χ2v) is 8.31. The van der Waals surface area contributed by atoms with Crippen LogP contribution in [0, 0.1) is 17.8 Å². The van der Waals surface area contributed by atoms with Gasteiger partial charge in [-0.25, -0.2) is 4.79 Å². The largest absolute Gasteiger partial charge is 0.366 e. The predicted octanol–water partition coefficient (Wildman–Crippen LogP) is 1.56. The maximum absolute atomic E-state index is 12.7. The van der Waals surface area contributed by atoms with Gasteiger partial charge in [0, 0.05) is 31.7 Å². The summed E-state index contributed by atoms with van der Waals surface area (Å²) in [7, 11) is 0. The van der Waals surface area contributed by atoms with Crippen LogP contribution in [0.1, 0.15) is 36.3 Å². The highest BCUT2D eigenvalue weighted by Crippen LogP contribution is 2.39. The van der Waals surface area contributed by atoms with Gasteiger partial charge < -0.3 is 19.9 Å². The molecular weight excluding hydrogens is 354 g/mol. The van der Waals surface area contributed by atoms with Gasteiger partial charge in [0.05, 0.1) is 18.1 Å². The first-order chi connectivity index (χ1) is 13.7. The van der Waals surface area contributed by atoms with Crippen molar-refractivity contribution < 1.29 is 14.3 Å². The van der Waals surface area contributed by atoms with Crippen molar-refractivity contribution in [1.29, 1.82) is 0 Å². The van der Waals surface area contributed by atoms with E-state index in [0.717, 1.165) is 17.9 Å². The summed E-state index contributed by atoms with van der Waals surface area (Å²) in [5, 5.41) is 2.94. The Hall–Kier alpha value is -2.52. The number of fused-ring (bicyclic) bond motifs is 1. The number of nitrogens with zero attached hydrogens (tertiary/aromatic N) is 2. The minimum absolute atomic E-state index is 0.0306. The van der Waals surface area contributed by atoms with Crippen LogP contribution in [-0.2, 0) is 9.53 Å². The first-order valence-corrected chi connectivity index (χ1v) is 10.2. The molecule has 0 aromatic heterocycles. The number of hydrogen-bond donors (Lipinski definition) is 1. The molecule has 0 radical (unpaired) electrons. The van der Waals surface area contributed by atoms with Gasteiger partial charge in [-0.05, 0) is 42.9 Å². The van der Waals surface area contributed by atoms with E-state index in [-0.39, 0.29) is 36.6 Å². The highest BCUT2D eigenvalue weighted by molar-refractivity contribution is 5.79. The number of urea groups is 1. The summed E-state index contributed by atoms with van der Waals surface area (Å²) in [4.78, 5) is 27.9. The maximum atomic E-state index is 12.7. The Bertz CT molecular complexity index is 831. The summed E-state index contributed by atoms with van der Waals surface area (Å²) in [6, 6.07) is 8.55. The number of amides is 3. The number of ether oxygens (including phenoxy) is 1. The summed E-state index contributed by atoms with van der Waals surface area (Å²) in [5.74, 6) is 7.46. The van der Waals surface area contributed by atoms with Gasteiger partial charge in [-0.2, -0.15) is 0 Å². The molecule has 0 unspecified atom stereocenters. The molecule has 4 fully saturated rings. The smallest absolute Gasteiger partial charge is 0.320 e. The Morgan fingerprint density at radius 1 is 1.07 bits per heavy atom. The van der Waals surface area contributed by atoms with E-state index >= 15 is 0 Å². The van der Waals surface area contributed by atoms with Crippen molar-refractivity contribution in [2.75, 3.05) is 32.8 Å². The second-order valence-electron chi connectivity index (χ2n) is 8.31. The third-order valence-corrected chi connectivity index (χ3v) is 6.13. The lowest BCUT2D eigenvalue weighted by Crippen LogP contribution is -2.64. The van der Waals surface area contributed by atoms with Crippen molar-refractivity contribution in [2.24, 2.45) is 5.92 Å². The highest BCUT2D eigenvalue weighted by atomic mass is 16.5. The number of nitrogens with one attached hydrogen (secondary N) is 1. The van der Waals surface area contributed by atoms with Gasteiger partial charge in [-0.3, -0.25) is 4.79 Å². The molecule has 3 amide bonds. The Labute approximate surface area is 165 Å². The molecule has 3 heterocycles. The van der Waals surface area contributed by atoms with E-state index in [2.05, 4.69) is 41.4 Å². The normalized spacial score (nSPS) is 27.2. The van der Waals surface area contributed by atoms with Crippen LogP contribution >= 0.6 is 0 Å². The predicted molar refractivity (Wildman–Crippen MR) is 104 cm³/mol. The van der Waals surface area contributed by atoms with Crippen molar-refractivity contribution in [2.45, 2.75) is 37.3 Å². The molecule has 1 aliphatic carbocycles. The zero-order valence-corrected chi connectivity index (χ0v) is 15.9. The number of likely N-dealkylation sites (tertiary alicyclic amines) is 2. The molecule has 6 nitrogen and oxygen atoms in total. The van der Waals surface area contributed by atoms with E-state index in [4.69, 9.17) is 4.74 Å². The van der Waals surface area contributed by atoms with E-state index in [0.29, 0.717) is 26.2 Å². The van der Waals surface area contributed by atoms with Crippen molar-refractivity contribution in [3.63, 3.8) is 0 Å². The van der Waals surface area contributed by atoms with Crippen LogP contribution in [0.5, 0.6) is 0 Å². The van der Waals surface area contributed by atoms with Crippen molar-refractivity contribution >= 4 is 11.9 Å². The molecule has 0 spiro atoms. The summed E-state index contributed by atoms with van der Waals surface area (Å²) >= 11 is 0. The fourth-order valence-electron chi connectivity index (χ4n) is 4.24. The fourth-order valence-corrected chi connectivity index (χ4v) is 4.24. The molecular formula is C22H25N3O3. The van der Waals surface area contributed by atoms with Crippen LogP contribution in [0.3, 0.4) is 0 Å². The van der Waals surface area contributed by atoms with Crippen LogP contribution in [0.4, 0.5) is 4.79 Å². The Morgan fingerprint density at radius 2 is 1.86 bits per heavy atom. The van der Waals surface area contributed by atoms with Crippen molar-refractivity contribution in [1.82, 2.24) is 15.1 Å². The monoisotopic (exact) mass is 379 g/mol. The zero-order valence-electron chi connectivity index (χ0n) is 15.9. The third-order valence-electron chi connectivity index (χ3n) is 6.13. The number of benzene rings is 1. The lowest BCUT2D eigenvalue weighted by Gasteiger charge is -2.45. The number of rotatable bonds is 1. The molecule has 1 aromatic rings. The second kappa shape index (κ2) is 7.14. The Morgan fingerprint density at radius 3 is 2.61 bits per heavy atom. The maximum Gasteiger partial charge on any atom is 0.320 e. The topological polar surface area (TPSA) is 61.9 Å². The van der Waals surface area contributed by atoms with Gasteiger partial charge in [0.25, 0.3) is 0 Å². The molecule has 1 N–H and O–H groups in total. The van der Waals surface area contributed by atoms with E-state index in [1.54, 1.807) is 0 Å².